The standard InChI is InChI=1S/C21H38O6/c1-3-5-7-8-11-17(20(24)25)14-15-18(21(26)27)13-9-12-16(19(22)23)10-6-4-2/h16-18H,3-15H2,1-2H3,(H,22,23)(H,24,25)(H,26,27). The van der Waals surface area contributed by atoms with Gasteiger partial charge in [0.05, 0.1) is 17.8 Å². The monoisotopic (exact) mass is 386 g/mol. The Bertz CT molecular complexity index is 434. The predicted molar refractivity (Wildman–Crippen MR) is 105 cm³/mol. The van der Waals surface area contributed by atoms with Gasteiger partial charge in [0, 0.05) is 0 Å². The zero-order chi connectivity index (χ0) is 20.7. The Labute approximate surface area is 163 Å². The second-order valence-electron chi connectivity index (χ2n) is 7.61. The fraction of sp³-hybridized carbons (Fsp3) is 0.857. The van der Waals surface area contributed by atoms with Crippen LogP contribution in [0.3, 0.4) is 0 Å². The van der Waals surface area contributed by atoms with Crippen LogP contribution < -0.4 is 0 Å². The van der Waals surface area contributed by atoms with E-state index in [9.17, 15) is 29.7 Å². The lowest BCUT2D eigenvalue weighted by atomic mass is 9.87. The molecule has 0 fully saturated rings. The van der Waals surface area contributed by atoms with Crippen LogP contribution in [0.15, 0.2) is 0 Å². The van der Waals surface area contributed by atoms with Crippen molar-refractivity contribution >= 4 is 17.9 Å². The van der Waals surface area contributed by atoms with Crippen molar-refractivity contribution in [3.05, 3.63) is 0 Å². The summed E-state index contributed by atoms with van der Waals surface area (Å²) in [6.45, 7) is 4.11. The molecule has 158 valence electrons. The van der Waals surface area contributed by atoms with Gasteiger partial charge in [-0.15, -0.1) is 0 Å². The Morgan fingerprint density at radius 1 is 0.519 bits per heavy atom. The minimum Gasteiger partial charge on any atom is -0.481 e. The van der Waals surface area contributed by atoms with Crippen molar-refractivity contribution in [2.24, 2.45) is 17.8 Å². The first-order valence-electron chi connectivity index (χ1n) is 10.5. The number of carboxylic acid groups (broad SMARTS) is 3. The summed E-state index contributed by atoms with van der Waals surface area (Å²) >= 11 is 0. The molecule has 0 aliphatic rings. The molecule has 0 heterocycles. The van der Waals surface area contributed by atoms with Crippen molar-refractivity contribution < 1.29 is 29.7 Å². The number of hydrogen-bond donors (Lipinski definition) is 3. The summed E-state index contributed by atoms with van der Waals surface area (Å²) in [5.41, 5.74) is 0. The van der Waals surface area contributed by atoms with Gasteiger partial charge in [0.25, 0.3) is 0 Å². The lowest BCUT2D eigenvalue weighted by Gasteiger charge is -2.17. The van der Waals surface area contributed by atoms with Crippen LogP contribution in [0.4, 0.5) is 0 Å². The Kier molecular flexibility index (Phi) is 14.6. The molecule has 0 spiro atoms. The lowest BCUT2D eigenvalue weighted by Crippen LogP contribution is -2.20. The third kappa shape index (κ3) is 12.4. The van der Waals surface area contributed by atoms with E-state index in [1.165, 1.54) is 0 Å². The Balaban J connectivity index is 4.42. The zero-order valence-electron chi connectivity index (χ0n) is 17.0. The minimum absolute atomic E-state index is 0.340. The van der Waals surface area contributed by atoms with Gasteiger partial charge >= 0.3 is 17.9 Å². The van der Waals surface area contributed by atoms with Gasteiger partial charge in [-0.3, -0.25) is 14.4 Å². The second kappa shape index (κ2) is 15.5. The number of carbonyl (C=O) groups is 3. The normalized spacial score (nSPS) is 14.4. The van der Waals surface area contributed by atoms with Crippen molar-refractivity contribution in [1.29, 1.82) is 0 Å². The highest BCUT2D eigenvalue weighted by Gasteiger charge is 2.24. The molecule has 0 rings (SSSR count). The quantitative estimate of drug-likeness (QED) is 0.279. The molecule has 0 saturated heterocycles. The summed E-state index contributed by atoms with van der Waals surface area (Å²) in [7, 11) is 0. The van der Waals surface area contributed by atoms with Gasteiger partial charge in [-0.25, -0.2) is 0 Å². The first kappa shape index (κ1) is 25.4. The highest BCUT2D eigenvalue weighted by molar-refractivity contribution is 5.71. The molecule has 3 atom stereocenters. The molecule has 0 amide bonds. The maximum atomic E-state index is 11.5. The summed E-state index contributed by atoms with van der Waals surface area (Å²) in [4.78, 5) is 34.2. The second-order valence-corrected chi connectivity index (χ2v) is 7.61. The van der Waals surface area contributed by atoms with Crippen LogP contribution in [0.5, 0.6) is 0 Å². The Morgan fingerprint density at radius 2 is 0.889 bits per heavy atom. The van der Waals surface area contributed by atoms with E-state index in [0.717, 1.165) is 38.5 Å². The van der Waals surface area contributed by atoms with Gasteiger partial charge in [0.15, 0.2) is 0 Å². The summed E-state index contributed by atoms with van der Waals surface area (Å²) in [6.07, 6.45) is 9.23. The van der Waals surface area contributed by atoms with Crippen LogP contribution >= 0.6 is 0 Å². The number of aliphatic carboxylic acids is 3. The molecule has 0 aliphatic carbocycles. The van der Waals surface area contributed by atoms with Gasteiger partial charge < -0.3 is 15.3 Å². The highest BCUT2D eigenvalue weighted by Crippen LogP contribution is 2.25. The van der Waals surface area contributed by atoms with Gasteiger partial charge in [-0.05, 0) is 38.5 Å². The molecule has 0 aromatic heterocycles. The number of rotatable bonds is 18. The van der Waals surface area contributed by atoms with Gasteiger partial charge in [-0.2, -0.15) is 0 Å². The first-order valence-corrected chi connectivity index (χ1v) is 10.5. The molecule has 0 aliphatic heterocycles. The van der Waals surface area contributed by atoms with Crippen molar-refractivity contribution in [1.82, 2.24) is 0 Å². The van der Waals surface area contributed by atoms with E-state index in [4.69, 9.17) is 0 Å². The SMILES string of the molecule is CCCCCCC(CCC(CCCC(CCCC)C(=O)O)C(=O)O)C(=O)O. The average molecular weight is 387 g/mol. The third-order valence-corrected chi connectivity index (χ3v) is 5.33. The minimum atomic E-state index is -0.912. The maximum Gasteiger partial charge on any atom is 0.306 e. The Hall–Kier alpha value is -1.59. The molecule has 6 heteroatoms. The average Bonchev–Trinajstić information content (AvgIpc) is 2.60. The van der Waals surface area contributed by atoms with Crippen LogP contribution in [0.25, 0.3) is 0 Å². The Morgan fingerprint density at radius 3 is 1.30 bits per heavy atom. The predicted octanol–water partition coefficient (Wildman–Crippen LogP) is 5.20. The van der Waals surface area contributed by atoms with E-state index in [0.29, 0.717) is 44.9 Å². The summed E-state index contributed by atoms with van der Waals surface area (Å²) in [6, 6.07) is 0. The summed E-state index contributed by atoms with van der Waals surface area (Å²) in [5.74, 6) is -4.06. The third-order valence-electron chi connectivity index (χ3n) is 5.33. The van der Waals surface area contributed by atoms with E-state index in [2.05, 4.69) is 6.92 Å². The smallest absolute Gasteiger partial charge is 0.306 e. The first-order chi connectivity index (χ1) is 12.8. The van der Waals surface area contributed by atoms with Crippen molar-refractivity contribution in [2.75, 3.05) is 0 Å². The topological polar surface area (TPSA) is 112 Å². The maximum absolute atomic E-state index is 11.5. The van der Waals surface area contributed by atoms with E-state index >= 15 is 0 Å². The van der Waals surface area contributed by atoms with Crippen LogP contribution in [-0.2, 0) is 14.4 Å². The molecular formula is C21H38O6. The van der Waals surface area contributed by atoms with E-state index in [-0.39, 0.29) is 0 Å². The van der Waals surface area contributed by atoms with Gasteiger partial charge in [-0.1, -0.05) is 58.8 Å². The molecule has 0 aromatic carbocycles. The summed E-state index contributed by atoms with van der Waals surface area (Å²) in [5, 5.41) is 28.0. The van der Waals surface area contributed by atoms with Crippen molar-refractivity contribution in [2.45, 2.75) is 97.3 Å². The largest absolute Gasteiger partial charge is 0.481 e. The fourth-order valence-electron chi connectivity index (χ4n) is 3.45. The van der Waals surface area contributed by atoms with Crippen LogP contribution in [0.2, 0.25) is 0 Å². The van der Waals surface area contributed by atoms with Gasteiger partial charge in [0.2, 0.25) is 0 Å². The molecule has 3 N–H and O–H groups in total. The van der Waals surface area contributed by atoms with Crippen LogP contribution in [-0.4, -0.2) is 33.2 Å². The van der Waals surface area contributed by atoms with Crippen molar-refractivity contribution in [3.8, 4) is 0 Å². The van der Waals surface area contributed by atoms with Crippen LogP contribution in [0, 0.1) is 17.8 Å². The lowest BCUT2D eigenvalue weighted by molar-refractivity contribution is -0.145. The zero-order valence-corrected chi connectivity index (χ0v) is 17.0. The van der Waals surface area contributed by atoms with E-state index in [1.54, 1.807) is 0 Å². The number of hydrogen-bond acceptors (Lipinski definition) is 3. The molecule has 0 bridgehead atoms. The fourth-order valence-corrected chi connectivity index (χ4v) is 3.45. The number of unbranched alkanes of at least 4 members (excludes halogenated alkanes) is 4. The molecule has 27 heavy (non-hydrogen) atoms. The van der Waals surface area contributed by atoms with Gasteiger partial charge in [0.1, 0.15) is 0 Å². The van der Waals surface area contributed by atoms with Crippen LogP contribution in [0.1, 0.15) is 97.3 Å². The molecule has 0 aromatic rings. The molecule has 0 saturated carbocycles. The van der Waals surface area contributed by atoms with E-state index in [1.807, 2.05) is 6.92 Å². The highest BCUT2D eigenvalue weighted by atomic mass is 16.4. The number of carboxylic acids is 3. The molecule has 0 radical (unpaired) electrons. The molecule has 3 unspecified atom stereocenters. The molecule has 6 nitrogen and oxygen atoms in total. The molecular weight excluding hydrogens is 348 g/mol. The summed E-state index contributed by atoms with van der Waals surface area (Å²) < 4.78 is 0. The van der Waals surface area contributed by atoms with Crippen molar-refractivity contribution in [3.63, 3.8) is 0 Å². The van der Waals surface area contributed by atoms with E-state index < -0.39 is 35.7 Å².